The molecule has 25 heavy (non-hydrogen) atoms. The third-order valence-corrected chi connectivity index (χ3v) is 4.60. The largest absolute Gasteiger partial charge is 0.462 e. The van der Waals surface area contributed by atoms with Crippen molar-refractivity contribution in [3.8, 4) is 11.6 Å². The van der Waals surface area contributed by atoms with E-state index in [2.05, 4.69) is 9.97 Å². The van der Waals surface area contributed by atoms with Crippen LogP contribution in [0.1, 0.15) is 28.0 Å². The zero-order valence-corrected chi connectivity index (χ0v) is 14.5. The molecular formula is C17H14F2N2O3S. The summed E-state index contributed by atoms with van der Waals surface area (Å²) in [6.45, 7) is 5.35. The Morgan fingerprint density at radius 1 is 1.24 bits per heavy atom. The highest BCUT2D eigenvalue weighted by Gasteiger charge is 2.22. The van der Waals surface area contributed by atoms with Crippen molar-refractivity contribution in [1.29, 1.82) is 0 Å². The maximum Gasteiger partial charge on any atom is 0.348 e. The van der Waals surface area contributed by atoms with Crippen LogP contribution in [0.4, 0.5) is 8.78 Å². The summed E-state index contributed by atoms with van der Waals surface area (Å²) in [6, 6.07) is 3.00. The number of ether oxygens (including phenoxy) is 2. The second kappa shape index (κ2) is 6.72. The first-order chi connectivity index (χ1) is 11.9. The third-order valence-electron chi connectivity index (χ3n) is 3.43. The number of benzene rings is 1. The Hall–Kier alpha value is -2.61. The molecule has 0 bridgehead atoms. The van der Waals surface area contributed by atoms with Crippen molar-refractivity contribution in [2.45, 2.75) is 20.8 Å². The standard InChI is InChI=1S/C17H14F2N2O3S/c1-4-23-17(22)14-8(2)13-15(20-9(3)21-16(13)25-14)24-12-6-5-10(18)7-11(12)19/h5-7H,4H2,1-3H3. The van der Waals surface area contributed by atoms with Gasteiger partial charge in [0.15, 0.2) is 11.6 Å². The fourth-order valence-corrected chi connectivity index (χ4v) is 3.44. The van der Waals surface area contributed by atoms with Crippen LogP contribution < -0.4 is 4.74 Å². The van der Waals surface area contributed by atoms with E-state index in [1.807, 2.05) is 0 Å². The number of aryl methyl sites for hydroxylation is 2. The van der Waals surface area contributed by atoms with Gasteiger partial charge >= 0.3 is 5.97 Å². The zero-order chi connectivity index (χ0) is 18.1. The Bertz CT molecular complexity index is 972. The monoisotopic (exact) mass is 364 g/mol. The summed E-state index contributed by atoms with van der Waals surface area (Å²) in [5.74, 6) is -1.66. The van der Waals surface area contributed by atoms with Gasteiger partial charge < -0.3 is 9.47 Å². The van der Waals surface area contributed by atoms with Gasteiger partial charge in [0.25, 0.3) is 0 Å². The van der Waals surface area contributed by atoms with Crippen LogP contribution >= 0.6 is 11.3 Å². The topological polar surface area (TPSA) is 61.3 Å². The summed E-state index contributed by atoms with van der Waals surface area (Å²) >= 11 is 1.16. The zero-order valence-electron chi connectivity index (χ0n) is 13.7. The first-order valence-corrected chi connectivity index (χ1v) is 8.30. The molecule has 0 spiro atoms. The number of hydrogen-bond donors (Lipinski definition) is 0. The molecule has 2 aromatic heterocycles. The van der Waals surface area contributed by atoms with E-state index in [0.717, 1.165) is 23.5 Å². The Morgan fingerprint density at radius 2 is 2.00 bits per heavy atom. The molecule has 0 unspecified atom stereocenters. The second-order valence-corrected chi connectivity index (χ2v) is 6.21. The van der Waals surface area contributed by atoms with Crippen LogP contribution in [0, 0.1) is 25.5 Å². The molecule has 3 aromatic rings. The van der Waals surface area contributed by atoms with Gasteiger partial charge in [0.2, 0.25) is 5.88 Å². The normalized spacial score (nSPS) is 10.9. The van der Waals surface area contributed by atoms with Crippen LogP contribution in [-0.2, 0) is 4.74 Å². The van der Waals surface area contributed by atoms with Crippen LogP contribution in [-0.4, -0.2) is 22.5 Å². The minimum absolute atomic E-state index is 0.109. The number of carbonyl (C=O) groups is 1. The summed E-state index contributed by atoms with van der Waals surface area (Å²) in [4.78, 5) is 21.5. The number of nitrogens with zero attached hydrogens (tertiary/aromatic N) is 2. The van der Waals surface area contributed by atoms with Crippen LogP contribution in [0.5, 0.6) is 11.6 Å². The molecule has 0 saturated carbocycles. The predicted molar refractivity (Wildman–Crippen MR) is 89.3 cm³/mol. The lowest BCUT2D eigenvalue weighted by atomic mass is 10.2. The van der Waals surface area contributed by atoms with E-state index in [-0.39, 0.29) is 18.2 Å². The molecule has 5 nitrogen and oxygen atoms in total. The number of hydrogen-bond acceptors (Lipinski definition) is 6. The Labute approximate surface area is 146 Å². The Morgan fingerprint density at radius 3 is 2.68 bits per heavy atom. The fraction of sp³-hybridized carbons (Fsp3) is 0.235. The molecule has 0 atom stereocenters. The number of aromatic nitrogens is 2. The number of halogens is 2. The molecule has 0 fully saturated rings. The highest BCUT2D eigenvalue weighted by atomic mass is 32.1. The summed E-state index contributed by atoms with van der Waals surface area (Å²) in [5, 5.41) is 0.502. The van der Waals surface area contributed by atoms with E-state index in [0.29, 0.717) is 26.5 Å². The third kappa shape index (κ3) is 3.30. The molecule has 2 heterocycles. The quantitative estimate of drug-likeness (QED) is 0.635. The summed E-state index contributed by atoms with van der Waals surface area (Å²) in [5.41, 5.74) is 0.593. The van der Waals surface area contributed by atoms with E-state index in [4.69, 9.17) is 9.47 Å². The van der Waals surface area contributed by atoms with Gasteiger partial charge in [-0.25, -0.2) is 18.6 Å². The van der Waals surface area contributed by atoms with Crippen molar-refractivity contribution < 1.29 is 23.0 Å². The Kier molecular flexibility index (Phi) is 4.63. The van der Waals surface area contributed by atoms with Gasteiger partial charge in [0.05, 0.1) is 12.0 Å². The first-order valence-electron chi connectivity index (χ1n) is 7.48. The van der Waals surface area contributed by atoms with Crippen molar-refractivity contribution in [3.05, 3.63) is 46.1 Å². The van der Waals surface area contributed by atoms with Gasteiger partial charge in [-0.3, -0.25) is 0 Å². The van der Waals surface area contributed by atoms with E-state index in [1.54, 1.807) is 20.8 Å². The van der Waals surface area contributed by atoms with E-state index < -0.39 is 17.6 Å². The number of carbonyl (C=O) groups excluding carboxylic acids is 1. The average molecular weight is 364 g/mol. The molecule has 8 heteroatoms. The molecule has 130 valence electrons. The average Bonchev–Trinajstić information content (AvgIpc) is 2.87. The summed E-state index contributed by atoms with van der Waals surface area (Å²) in [7, 11) is 0. The van der Waals surface area contributed by atoms with Crippen LogP contribution in [0.25, 0.3) is 10.2 Å². The lowest BCUT2D eigenvalue weighted by Crippen LogP contribution is -2.03. The van der Waals surface area contributed by atoms with E-state index in [9.17, 15) is 13.6 Å². The van der Waals surface area contributed by atoms with Crippen LogP contribution in [0.2, 0.25) is 0 Å². The van der Waals surface area contributed by atoms with Gasteiger partial charge in [-0.15, -0.1) is 11.3 Å². The Balaban J connectivity index is 2.12. The number of esters is 1. The maximum absolute atomic E-state index is 13.9. The number of rotatable bonds is 4. The van der Waals surface area contributed by atoms with Gasteiger partial charge in [0, 0.05) is 6.07 Å². The lowest BCUT2D eigenvalue weighted by molar-refractivity contribution is 0.0531. The maximum atomic E-state index is 13.9. The number of fused-ring (bicyclic) bond motifs is 1. The fourth-order valence-electron chi connectivity index (χ4n) is 2.33. The predicted octanol–water partition coefficient (Wildman–Crippen LogP) is 4.56. The molecule has 0 aliphatic rings. The summed E-state index contributed by atoms with van der Waals surface area (Å²) < 4.78 is 37.5. The minimum Gasteiger partial charge on any atom is -0.462 e. The van der Waals surface area contributed by atoms with Crippen molar-refractivity contribution >= 4 is 27.5 Å². The molecule has 0 aliphatic heterocycles. The van der Waals surface area contributed by atoms with Crippen molar-refractivity contribution in [3.63, 3.8) is 0 Å². The van der Waals surface area contributed by atoms with E-state index >= 15 is 0 Å². The highest BCUT2D eigenvalue weighted by molar-refractivity contribution is 7.20. The second-order valence-electron chi connectivity index (χ2n) is 5.21. The van der Waals surface area contributed by atoms with Crippen molar-refractivity contribution in [1.82, 2.24) is 9.97 Å². The molecule has 0 N–H and O–H groups in total. The highest BCUT2D eigenvalue weighted by Crippen LogP contribution is 2.37. The summed E-state index contributed by atoms with van der Waals surface area (Å²) in [6.07, 6.45) is 0. The van der Waals surface area contributed by atoms with Crippen LogP contribution in [0.15, 0.2) is 18.2 Å². The van der Waals surface area contributed by atoms with Gasteiger partial charge in [-0.1, -0.05) is 0 Å². The van der Waals surface area contributed by atoms with Gasteiger partial charge in [0.1, 0.15) is 21.3 Å². The molecule has 3 rings (SSSR count). The SMILES string of the molecule is CCOC(=O)c1sc2nc(C)nc(Oc3ccc(F)cc3F)c2c1C. The van der Waals surface area contributed by atoms with Crippen molar-refractivity contribution in [2.75, 3.05) is 6.61 Å². The number of thiophene rings is 1. The molecule has 1 aromatic carbocycles. The molecule has 0 aliphatic carbocycles. The first kappa shape index (κ1) is 17.2. The molecule has 0 saturated heterocycles. The lowest BCUT2D eigenvalue weighted by Gasteiger charge is -2.08. The van der Waals surface area contributed by atoms with Gasteiger partial charge in [-0.2, -0.15) is 4.98 Å². The van der Waals surface area contributed by atoms with Crippen molar-refractivity contribution in [2.24, 2.45) is 0 Å². The smallest absolute Gasteiger partial charge is 0.348 e. The minimum atomic E-state index is -0.845. The van der Waals surface area contributed by atoms with Crippen LogP contribution in [0.3, 0.4) is 0 Å². The van der Waals surface area contributed by atoms with E-state index in [1.165, 1.54) is 6.07 Å². The van der Waals surface area contributed by atoms with Gasteiger partial charge in [-0.05, 0) is 38.5 Å². The molecular weight excluding hydrogens is 350 g/mol. The molecule has 0 radical (unpaired) electrons. The molecule has 0 amide bonds.